The average molecular weight is 375 g/mol. The number of ether oxygens (including phenoxy) is 1. The lowest BCUT2D eigenvalue weighted by atomic mass is 10.2. The van der Waals surface area contributed by atoms with E-state index in [-0.39, 0.29) is 52.7 Å². The molecule has 1 N–H and O–H groups in total. The summed E-state index contributed by atoms with van der Waals surface area (Å²) in [6.45, 7) is 7.83. The topological polar surface area (TPSA) is 75.7 Å². The minimum absolute atomic E-state index is 0.0471. The second-order valence-corrected chi connectivity index (χ2v) is 8.67. The normalized spacial score (nSPS) is 22.6. The third-order valence-corrected chi connectivity index (χ3v) is 5.93. The number of hydrogen-bond donors (Lipinski definition) is 1. The van der Waals surface area contributed by atoms with Crippen molar-refractivity contribution in [2.24, 2.45) is 0 Å². The van der Waals surface area contributed by atoms with Crippen LogP contribution in [-0.4, -0.2) is 50.0 Å². The van der Waals surface area contributed by atoms with Gasteiger partial charge in [0.15, 0.2) is 0 Å². The molecule has 2 unspecified atom stereocenters. The second-order valence-electron chi connectivity index (χ2n) is 6.35. The van der Waals surface area contributed by atoms with Crippen LogP contribution in [0.4, 0.5) is 0 Å². The van der Waals surface area contributed by atoms with Gasteiger partial charge in [-0.2, -0.15) is 4.31 Å². The number of nitrogens with zero attached hydrogens (tertiary/aromatic N) is 1. The summed E-state index contributed by atoms with van der Waals surface area (Å²) in [5, 5.41) is 2.84. The number of hydrogen-bond acceptors (Lipinski definition) is 4. The summed E-state index contributed by atoms with van der Waals surface area (Å²) >= 11 is 6.11. The Labute approximate surface area is 148 Å². The molecular weight excluding hydrogens is 352 g/mol. The summed E-state index contributed by atoms with van der Waals surface area (Å²) in [6, 6.07) is 4.25. The minimum Gasteiger partial charge on any atom is -0.373 e. The van der Waals surface area contributed by atoms with E-state index < -0.39 is 10.0 Å². The van der Waals surface area contributed by atoms with Crippen molar-refractivity contribution in [1.29, 1.82) is 0 Å². The van der Waals surface area contributed by atoms with Gasteiger partial charge in [-0.3, -0.25) is 4.79 Å². The van der Waals surface area contributed by atoms with Crippen molar-refractivity contribution in [3.8, 4) is 0 Å². The lowest BCUT2D eigenvalue weighted by molar-refractivity contribution is -0.0440. The molecule has 2 atom stereocenters. The van der Waals surface area contributed by atoms with Crippen molar-refractivity contribution in [2.45, 2.75) is 50.8 Å². The predicted octanol–water partition coefficient (Wildman–Crippen LogP) is 2.28. The zero-order valence-corrected chi connectivity index (χ0v) is 15.8. The number of morpholine rings is 1. The molecule has 0 saturated carbocycles. The number of halogens is 1. The predicted molar refractivity (Wildman–Crippen MR) is 92.8 cm³/mol. The highest BCUT2D eigenvalue weighted by atomic mass is 35.5. The highest BCUT2D eigenvalue weighted by Gasteiger charge is 2.33. The first-order valence-electron chi connectivity index (χ1n) is 7.87. The van der Waals surface area contributed by atoms with E-state index >= 15 is 0 Å². The van der Waals surface area contributed by atoms with E-state index in [1.54, 1.807) is 0 Å². The largest absolute Gasteiger partial charge is 0.373 e. The van der Waals surface area contributed by atoms with Crippen LogP contribution in [0.3, 0.4) is 0 Å². The third kappa shape index (κ3) is 4.27. The number of carbonyl (C=O) groups excluding carboxylic acids is 1. The number of sulfonamides is 1. The van der Waals surface area contributed by atoms with Crippen LogP contribution in [0.15, 0.2) is 23.1 Å². The summed E-state index contributed by atoms with van der Waals surface area (Å²) in [6.07, 6.45) is -0.399. The fourth-order valence-electron chi connectivity index (χ4n) is 2.65. The van der Waals surface area contributed by atoms with E-state index in [1.807, 2.05) is 27.7 Å². The molecule has 1 aromatic carbocycles. The maximum atomic E-state index is 13.0. The number of nitrogens with one attached hydrogen (secondary N) is 1. The monoisotopic (exact) mass is 374 g/mol. The maximum absolute atomic E-state index is 13.0. The SMILES string of the molecule is CC(C)NC(=O)c1ccc(Cl)c(S(=O)(=O)N2CC(C)OC(C)C2)c1. The second kappa shape index (κ2) is 7.39. The van der Waals surface area contributed by atoms with Crippen LogP contribution >= 0.6 is 11.6 Å². The summed E-state index contributed by atoms with van der Waals surface area (Å²) in [4.78, 5) is 12.1. The standard InChI is InChI=1S/C16H23ClN2O4S/c1-10(2)18-16(20)13-5-6-14(17)15(7-13)24(21,22)19-8-11(3)23-12(4)9-19/h5-7,10-12H,8-9H2,1-4H3,(H,18,20). The molecule has 0 aromatic heterocycles. The molecule has 1 aliphatic heterocycles. The van der Waals surface area contributed by atoms with Gasteiger partial charge in [-0.25, -0.2) is 8.42 Å². The molecule has 24 heavy (non-hydrogen) atoms. The van der Waals surface area contributed by atoms with Crippen LogP contribution in [0.25, 0.3) is 0 Å². The Kier molecular flexibility index (Phi) is 5.91. The fourth-order valence-corrected chi connectivity index (χ4v) is 4.74. The Morgan fingerprint density at radius 1 is 1.29 bits per heavy atom. The van der Waals surface area contributed by atoms with Crippen LogP contribution in [0, 0.1) is 0 Å². The molecule has 1 saturated heterocycles. The van der Waals surface area contributed by atoms with Crippen LogP contribution in [0.2, 0.25) is 5.02 Å². The maximum Gasteiger partial charge on any atom is 0.251 e. The zero-order valence-electron chi connectivity index (χ0n) is 14.2. The van der Waals surface area contributed by atoms with Crippen molar-refractivity contribution >= 4 is 27.5 Å². The van der Waals surface area contributed by atoms with Crippen LogP contribution in [0.5, 0.6) is 0 Å². The van der Waals surface area contributed by atoms with Crippen molar-refractivity contribution in [3.05, 3.63) is 28.8 Å². The molecule has 0 radical (unpaired) electrons. The lowest BCUT2D eigenvalue weighted by Crippen LogP contribution is -2.48. The molecule has 0 bridgehead atoms. The molecule has 0 aliphatic carbocycles. The molecule has 1 aromatic rings. The summed E-state index contributed by atoms with van der Waals surface area (Å²) in [7, 11) is -3.80. The van der Waals surface area contributed by atoms with E-state index in [0.29, 0.717) is 0 Å². The number of carbonyl (C=O) groups is 1. The Hall–Kier alpha value is -1.15. The first-order chi connectivity index (χ1) is 11.1. The quantitative estimate of drug-likeness (QED) is 0.877. The van der Waals surface area contributed by atoms with Crippen molar-refractivity contribution in [2.75, 3.05) is 13.1 Å². The van der Waals surface area contributed by atoms with Crippen molar-refractivity contribution in [1.82, 2.24) is 9.62 Å². The lowest BCUT2D eigenvalue weighted by Gasteiger charge is -2.34. The van der Waals surface area contributed by atoms with Gasteiger partial charge in [-0.05, 0) is 45.9 Å². The Morgan fingerprint density at radius 3 is 2.42 bits per heavy atom. The van der Waals surface area contributed by atoms with Gasteiger partial charge in [0.2, 0.25) is 10.0 Å². The summed E-state index contributed by atoms with van der Waals surface area (Å²) in [5.74, 6) is -0.332. The molecule has 8 heteroatoms. The first kappa shape index (κ1) is 19.2. The Balaban J connectivity index is 2.37. The molecule has 1 fully saturated rings. The van der Waals surface area contributed by atoms with E-state index in [4.69, 9.17) is 16.3 Å². The summed E-state index contributed by atoms with van der Waals surface area (Å²) in [5.41, 5.74) is 0.265. The van der Waals surface area contributed by atoms with Gasteiger partial charge < -0.3 is 10.1 Å². The number of rotatable bonds is 4. The summed E-state index contributed by atoms with van der Waals surface area (Å²) < 4.78 is 32.8. The Bertz CT molecular complexity index is 711. The first-order valence-corrected chi connectivity index (χ1v) is 9.69. The molecule has 1 heterocycles. The molecule has 2 rings (SSSR count). The Morgan fingerprint density at radius 2 is 1.88 bits per heavy atom. The molecular formula is C16H23ClN2O4S. The zero-order chi connectivity index (χ0) is 18.1. The smallest absolute Gasteiger partial charge is 0.251 e. The van der Waals surface area contributed by atoms with E-state index in [1.165, 1.54) is 22.5 Å². The van der Waals surface area contributed by atoms with Gasteiger partial charge in [0.05, 0.1) is 17.2 Å². The van der Waals surface area contributed by atoms with Gasteiger partial charge in [0, 0.05) is 24.7 Å². The highest BCUT2D eigenvalue weighted by Crippen LogP contribution is 2.28. The number of benzene rings is 1. The van der Waals surface area contributed by atoms with E-state index in [2.05, 4.69) is 5.32 Å². The molecule has 0 spiro atoms. The third-order valence-electron chi connectivity index (χ3n) is 3.62. The van der Waals surface area contributed by atoms with Gasteiger partial charge in [-0.1, -0.05) is 11.6 Å². The van der Waals surface area contributed by atoms with Gasteiger partial charge in [0.1, 0.15) is 4.90 Å². The number of amides is 1. The molecule has 1 aliphatic rings. The minimum atomic E-state index is -3.80. The molecule has 1 amide bonds. The highest BCUT2D eigenvalue weighted by molar-refractivity contribution is 7.89. The molecule has 6 nitrogen and oxygen atoms in total. The van der Waals surface area contributed by atoms with Crippen LogP contribution in [-0.2, 0) is 14.8 Å². The fraction of sp³-hybridized carbons (Fsp3) is 0.562. The van der Waals surface area contributed by atoms with E-state index in [0.717, 1.165) is 0 Å². The van der Waals surface area contributed by atoms with Crippen LogP contribution < -0.4 is 5.32 Å². The average Bonchev–Trinajstić information content (AvgIpc) is 2.45. The van der Waals surface area contributed by atoms with Crippen molar-refractivity contribution in [3.63, 3.8) is 0 Å². The van der Waals surface area contributed by atoms with Crippen molar-refractivity contribution < 1.29 is 17.9 Å². The van der Waals surface area contributed by atoms with Gasteiger partial charge >= 0.3 is 0 Å². The van der Waals surface area contributed by atoms with Gasteiger partial charge in [0.25, 0.3) is 5.91 Å². The molecule has 134 valence electrons. The van der Waals surface area contributed by atoms with E-state index in [9.17, 15) is 13.2 Å². The van der Waals surface area contributed by atoms with Gasteiger partial charge in [-0.15, -0.1) is 0 Å². The van der Waals surface area contributed by atoms with Crippen LogP contribution in [0.1, 0.15) is 38.1 Å².